The van der Waals surface area contributed by atoms with Crippen LogP contribution in [-0.2, 0) is 11.2 Å². The van der Waals surface area contributed by atoms with E-state index >= 15 is 0 Å². The Hall–Kier alpha value is -3.87. The minimum absolute atomic E-state index is 0.169. The molecular weight excluding hydrogens is 404 g/mol. The van der Waals surface area contributed by atoms with E-state index in [4.69, 9.17) is 14.6 Å². The highest BCUT2D eigenvalue weighted by atomic mass is 16.5. The fourth-order valence-corrected chi connectivity index (χ4v) is 3.64. The van der Waals surface area contributed by atoms with Crippen molar-refractivity contribution < 1.29 is 14.3 Å². The number of benzene rings is 2. The van der Waals surface area contributed by atoms with Gasteiger partial charge in [0.1, 0.15) is 5.75 Å². The molecule has 0 radical (unpaired) electrons. The smallest absolute Gasteiger partial charge is 0.262 e. The molecule has 32 heavy (non-hydrogen) atoms. The lowest BCUT2D eigenvalue weighted by Crippen LogP contribution is -2.21. The first kappa shape index (κ1) is 21.4. The van der Waals surface area contributed by atoms with Crippen molar-refractivity contribution in [1.82, 2.24) is 14.8 Å². The molecule has 1 amide bonds. The number of pyridine rings is 1. The van der Waals surface area contributed by atoms with Gasteiger partial charge in [0.2, 0.25) is 5.88 Å². The predicted molar refractivity (Wildman–Crippen MR) is 125 cm³/mol. The van der Waals surface area contributed by atoms with Gasteiger partial charge >= 0.3 is 0 Å². The quantitative estimate of drug-likeness (QED) is 0.463. The minimum atomic E-state index is -0.294. The third-order valence-corrected chi connectivity index (χ3v) is 5.26. The number of ether oxygens (including phenoxy) is 2. The lowest BCUT2D eigenvalue weighted by atomic mass is 10.1. The van der Waals surface area contributed by atoms with Crippen molar-refractivity contribution in [2.24, 2.45) is 0 Å². The van der Waals surface area contributed by atoms with Crippen LogP contribution in [0.2, 0.25) is 0 Å². The van der Waals surface area contributed by atoms with E-state index in [1.165, 1.54) is 5.56 Å². The van der Waals surface area contributed by atoms with E-state index in [-0.39, 0.29) is 12.5 Å². The van der Waals surface area contributed by atoms with Crippen LogP contribution in [0.15, 0.2) is 54.6 Å². The van der Waals surface area contributed by atoms with Crippen molar-refractivity contribution in [1.29, 1.82) is 0 Å². The molecule has 0 aliphatic heterocycles. The number of hydrogen-bond acceptors (Lipinski definition) is 5. The number of carbonyl (C=O) groups is 1. The number of nitrogens with zero attached hydrogens (tertiary/aromatic N) is 3. The number of anilines is 1. The third-order valence-electron chi connectivity index (χ3n) is 5.26. The van der Waals surface area contributed by atoms with Crippen molar-refractivity contribution in [2.75, 3.05) is 19.0 Å². The fourth-order valence-electron chi connectivity index (χ4n) is 3.64. The van der Waals surface area contributed by atoms with Gasteiger partial charge in [-0.05, 0) is 50.1 Å². The van der Waals surface area contributed by atoms with Crippen LogP contribution in [0.3, 0.4) is 0 Å². The molecule has 2 aromatic heterocycles. The van der Waals surface area contributed by atoms with Crippen LogP contribution < -0.4 is 14.8 Å². The Balaban J connectivity index is 1.61. The molecule has 164 valence electrons. The number of hydrogen-bond donors (Lipinski definition) is 1. The highest BCUT2D eigenvalue weighted by molar-refractivity contribution is 5.93. The minimum Gasteiger partial charge on any atom is -0.495 e. The normalized spacial score (nSPS) is 10.9. The Morgan fingerprint density at radius 1 is 1.09 bits per heavy atom. The molecule has 0 atom stereocenters. The van der Waals surface area contributed by atoms with Gasteiger partial charge < -0.3 is 14.8 Å². The number of amides is 1. The maximum absolute atomic E-state index is 12.5. The van der Waals surface area contributed by atoms with Crippen LogP contribution in [0.4, 0.5) is 5.69 Å². The lowest BCUT2D eigenvalue weighted by Gasteiger charge is -2.11. The highest BCUT2D eigenvalue weighted by Crippen LogP contribution is 2.28. The van der Waals surface area contributed by atoms with Crippen molar-refractivity contribution >= 4 is 22.6 Å². The summed E-state index contributed by atoms with van der Waals surface area (Å²) in [6.45, 7) is 5.94. The Bertz CT molecular complexity index is 1260. The molecule has 2 heterocycles. The maximum Gasteiger partial charge on any atom is 0.262 e. The molecule has 7 heteroatoms. The summed E-state index contributed by atoms with van der Waals surface area (Å²) in [5.41, 5.74) is 5.39. The zero-order valence-electron chi connectivity index (χ0n) is 18.7. The zero-order valence-corrected chi connectivity index (χ0v) is 18.7. The number of aromatic nitrogens is 3. The van der Waals surface area contributed by atoms with E-state index in [0.29, 0.717) is 23.0 Å². The predicted octanol–water partition coefficient (Wildman–Crippen LogP) is 4.63. The molecule has 0 spiro atoms. The van der Waals surface area contributed by atoms with Crippen molar-refractivity contribution in [2.45, 2.75) is 27.2 Å². The van der Waals surface area contributed by atoms with Gasteiger partial charge in [0, 0.05) is 11.5 Å². The molecule has 0 saturated heterocycles. The van der Waals surface area contributed by atoms with Gasteiger partial charge in [0.25, 0.3) is 5.91 Å². The summed E-state index contributed by atoms with van der Waals surface area (Å²) < 4.78 is 12.9. The molecule has 0 aliphatic carbocycles. The maximum atomic E-state index is 12.5. The van der Waals surface area contributed by atoms with Gasteiger partial charge in [-0.15, -0.1) is 0 Å². The molecule has 0 fully saturated rings. The summed E-state index contributed by atoms with van der Waals surface area (Å²) in [7, 11) is 1.56. The van der Waals surface area contributed by atoms with Gasteiger partial charge in [-0.1, -0.05) is 36.8 Å². The Labute approximate surface area is 187 Å². The van der Waals surface area contributed by atoms with Crippen molar-refractivity contribution in [3.63, 3.8) is 0 Å². The molecule has 1 N–H and O–H groups in total. The highest BCUT2D eigenvalue weighted by Gasteiger charge is 2.17. The number of para-hydroxylation sites is 2. The van der Waals surface area contributed by atoms with Crippen LogP contribution in [-0.4, -0.2) is 34.4 Å². The van der Waals surface area contributed by atoms with Crippen LogP contribution in [0.5, 0.6) is 11.6 Å². The van der Waals surface area contributed by atoms with E-state index in [1.54, 1.807) is 19.2 Å². The summed E-state index contributed by atoms with van der Waals surface area (Å²) in [6, 6.07) is 17.2. The van der Waals surface area contributed by atoms with Crippen LogP contribution in [0.1, 0.15) is 23.7 Å². The van der Waals surface area contributed by atoms with Crippen molar-refractivity contribution in [3.8, 4) is 17.3 Å². The largest absolute Gasteiger partial charge is 0.495 e. The molecule has 2 aromatic carbocycles. The second-order valence-corrected chi connectivity index (χ2v) is 7.54. The molecule has 0 unspecified atom stereocenters. The Kier molecular flexibility index (Phi) is 6.07. The van der Waals surface area contributed by atoms with E-state index in [1.807, 2.05) is 61.0 Å². The summed E-state index contributed by atoms with van der Waals surface area (Å²) >= 11 is 0. The summed E-state index contributed by atoms with van der Waals surface area (Å²) in [4.78, 5) is 17.1. The molecular formula is C25H26N4O3. The number of rotatable bonds is 7. The third kappa shape index (κ3) is 4.27. The van der Waals surface area contributed by atoms with E-state index in [9.17, 15) is 4.79 Å². The number of aryl methyl sites for hydroxylation is 3. The van der Waals surface area contributed by atoms with Gasteiger partial charge in [-0.2, -0.15) is 10.1 Å². The average Bonchev–Trinajstić information content (AvgIpc) is 3.14. The lowest BCUT2D eigenvalue weighted by molar-refractivity contribution is -0.118. The monoisotopic (exact) mass is 430 g/mol. The zero-order chi connectivity index (χ0) is 22.7. The molecule has 4 rings (SSSR count). The first-order valence-electron chi connectivity index (χ1n) is 10.5. The standard InChI is InChI=1S/C25H26N4O3/c1-5-18-14-23(32-15-22(30)26-20-8-6-7-9-21(20)31-4)27-25-24(18)17(3)28-29(25)19-12-10-16(2)11-13-19/h6-14H,5,15H2,1-4H3,(H,26,30). The van der Waals surface area contributed by atoms with Gasteiger partial charge in [-0.25, -0.2) is 4.68 Å². The molecule has 0 aliphatic rings. The first-order chi connectivity index (χ1) is 15.5. The SMILES string of the molecule is CCc1cc(OCC(=O)Nc2ccccc2OC)nc2c1c(C)nn2-c1ccc(C)cc1. The van der Waals surface area contributed by atoms with Gasteiger partial charge in [0.15, 0.2) is 12.3 Å². The molecule has 0 saturated carbocycles. The van der Waals surface area contributed by atoms with Crippen molar-refractivity contribution in [3.05, 3.63) is 71.4 Å². The topological polar surface area (TPSA) is 78.3 Å². The van der Waals surface area contributed by atoms with Crippen LogP contribution in [0, 0.1) is 13.8 Å². The summed E-state index contributed by atoms with van der Waals surface area (Å²) in [5.74, 6) is 0.682. The second kappa shape index (κ2) is 9.09. The van der Waals surface area contributed by atoms with E-state index in [0.717, 1.165) is 28.8 Å². The molecule has 4 aromatic rings. The Morgan fingerprint density at radius 2 is 1.84 bits per heavy atom. The van der Waals surface area contributed by atoms with Crippen LogP contribution in [0.25, 0.3) is 16.7 Å². The van der Waals surface area contributed by atoms with E-state index in [2.05, 4.69) is 17.2 Å². The fraction of sp³-hybridized carbons (Fsp3) is 0.240. The molecule has 7 nitrogen and oxygen atoms in total. The van der Waals surface area contributed by atoms with Gasteiger partial charge in [-0.3, -0.25) is 4.79 Å². The summed E-state index contributed by atoms with van der Waals surface area (Å²) in [5, 5.41) is 8.54. The first-order valence-corrected chi connectivity index (χ1v) is 10.5. The second-order valence-electron chi connectivity index (χ2n) is 7.54. The number of methoxy groups -OCH3 is 1. The number of carbonyl (C=O) groups excluding carboxylic acids is 1. The summed E-state index contributed by atoms with van der Waals surface area (Å²) in [6.07, 6.45) is 0.795. The number of nitrogens with one attached hydrogen (secondary N) is 1. The Morgan fingerprint density at radius 3 is 2.56 bits per heavy atom. The van der Waals surface area contributed by atoms with E-state index < -0.39 is 0 Å². The van der Waals surface area contributed by atoms with Gasteiger partial charge in [0.05, 0.1) is 24.2 Å². The van der Waals surface area contributed by atoms with Crippen LogP contribution >= 0.6 is 0 Å². The average molecular weight is 431 g/mol. The number of fused-ring (bicyclic) bond motifs is 1. The molecule has 0 bridgehead atoms.